The van der Waals surface area contributed by atoms with Crippen molar-refractivity contribution in [3.63, 3.8) is 0 Å². The Kier molecular flexibility index (Phi) is 6.26. The molecule has 1 spiro atoms. The minimum Gasteiger partial charge on any atom is -0.489 e. The molecule has 0 saturated carbocycles. The van der Waals surface area contributed by atoms with Gasteiger partial charge in [-0.15, -0.1) is 0 Å². The van der Waals surface area contributed by atoms with Crippen LogP contribution >= 0.6 is 0 Å². The smallest absolute Gasteiger partial charge is 0.307 e. The Labute approximate surface area is 199 Å². The number of anilines is 1. The van der Waals surface area contributed by atoms with Crippen LogP contribution in [0.3, 0.4) is 0 Å². The van der Waals surface area contributed by atoms with Crippen molar-refractivity contribution < 1.29 is 19.4 Å². The highest BCUT2D eigenvalue weighted by Gasteiger charge is 2.45. The molecule has 2 aliphatic rings. The molecule has 0 aromatic heterocycles. The molecule has 0 atom stereocenters. The number of rotatable bonds is 8. The van der Waals surface area contributed by atoms with E-state index in [0.717, 1.165) is 55.0 Å². The Bertz CT molecular complexity index is 1180. The molecule has 34 heavy (non-hydrogen) atoms. The van der Waals surface area contributed by atoms with Crippen LogP contribution in [0.2, 0.25) is 0 Å². The largest absolute Gasteiger partial charge is 0.489 e. The summed E-state index contributed by atoms with van der Waals surface area (Å²) in [4.78, 5) is 13.6. The van der Waals surface area contributed by atoms with Crippen LogP contribution in [0.5, 0.6) is 5.75 Å². The van der Waals surface area contributed by atoms with Crippen molar-refractivity contribution in [3.05, 3.63) is 83.4 Å². The van der Waals surface area contributed by atoms with Crippen molar-refractivity contribution in [1.82, 2.24) is 0 Å². The Morgan fingerprint density at radius 2 is 1.85 bits per heavy atom. The predicted octanol–water partition coefficient (Wildman–Crippen LogP) is 4.25. The monoisotopic (exact) mass is 458 g/mol. The van der Waals surface area contributed by atoms with Gasteiger partial charge in [-0.05, 0) is 59.0 Å². The zero-order valence-electron chi connectivity index (χ0n) is 19.2. The number of hydrogen-bond donors (Lipinski definition) is 2. The Hall–Kier alpha value is -3.35. The molecule has 3 aromatic rings. The maximum absolute atomic E-state index is 11.2. The first kappa shape index (κ1) is 22.4. The van der Waals surface area contributed by atoms with Gasteiger partial charge in [0.25, 0.3) is 0 Å². The molecule has 0 aliphatic carbocycles. The van der Waals surface area contributed by atoms with E-state index >= 15 is 0 Å². The third kappa shape index (κ3) is 4.79. The van der Waals surface area contributed by atoms with Crippen molar-refractivity contribution in [2.75, 3.05) is 31.2 Å². The molecule has 6 heteroatoms. The van der Waals surface area contributed by atoms with E-state index in [4.69, 9.17) is 15.2 Å². The quantitative estimate of drug-likeness (QED) is 0.525. The molecule has 2 saturated heterocycles. The SMILES string of the molecule is NCc1cccc(-c2cc(COc3ccccc3CC(=O)O)cc(N3CC4(CCOC4)C3)c2)c1. The van der Waals surface area contributed by atoms with E-state index in [9.17, 15) is 9.90 Å². The molecule has 0 amide bonds. The normalized spacial score (nSPS) is 16.4. The highest BCUT2D eigenvalue weighted by atomic mass is 16.5. The number of hydrogen-bond acceptors (Lipinski definition) is 5. The Balaban J connectivity index is 1.42. The summed E-state index contributed by atoms with van der Waals surface area (Å²) in [5.41, 5.74) is 12.4. The van der Waals surface area contributed by atoms with Crippen molar-refractivity contribution in [2.45, 2.75) is 26.0 Å². The first-order chi connectivity index (χ1) is 16.5. The number of ether oxygens (including phenoxy) is 2. The van der Waals surface area contributed by atoms with Gasteiger partial charge >= 0.3 is 5.97 Å². The van der Waals surface area contributed by atoms with Crippen LogP contribution in [-0.4, -0.2) is 37.4 Å². The molecule has 176 valence electrons. The van der Waals surface area contributed by atoms with Gasteiger partial charge in [-0.2, -0.15) is 0 Å². The molecular weight excluding hydrogens is 428 g/mol. The van der Waals surface area contributed by atoms with Gasteiger partial charge in [-0.25, -0.2) is 0 Å². The Morgan fingerprint density at radius 1 is 1.03 bits per heavy atom. The van der Waals surface area contributed by atoms with Gasteiger partial charge in [0.1, 0.15) is 12.4 Å². The summed E-state index contributed by atoms with van der Waals surface area (Å²) in [5.74, 6) is -0.268. The number of benzene rings is 3. The molecule has 5 rings (SSSR count). The number of para-hydroxylation sites is 1. The van der Waals surface area contributed by atoms with E-state index < -0.39 is 5.97 Å². The van der Waals surface area contributed by atoms with Gasteiger partial charge in [-0.1, -0.05) is 36.4 Å². The van der Waals surface area contributed by atoms with E-state index in [1.54, 1.807) is 6.07 Å². The molecule has 0 unspecified atom stereocenters. The fourth-order valence-electron chi connectivity index (χ4n) is 4.94. The highest BCUT2D eigenvalue weighted by molar-refractivity contribution is 5.72. The lowest BCUT2D eigenvalue weighted by molar-refractivity contribution is -0.136. The molecule has 0 radical (unpaired) electrons. The standard InChI is InChI=1S/C28H30N2O4/c29-15-20-4-3-6-22(10-20)24-11-21(16-34-26-7-2-1-5-23(26)14-27(31)32)12-25(13-24)30-17-28(18-30)8-9-33-19-28/h1-7,10-13H,8-9,14-19,29H2,(H,31,32). The van der Waals surface area contributed by atoms with E-state index in [1.165, 1.54) is 5.69 Å². The van der Waals surface area contributed by atoms with Crippen LogP contribution in [0.1, 0.15) is 23.1 Å². The molecular formula is C28H30N2O4. The maximum atomic E-state index is 11.2. The van der Waals surface area contributed by atoms with Crippen LogP contribution < -0.4 is 15.4 Å². The summed E-state index contributed by atoms with van der Waals surface area (Å²) in [6.45, 7) is 4.56. The summed E-state index contributed by atoms with van der Waals surface area (Å²) in [6, 6.07) is 22.2. The zero-order valence-corrected chi connectivity index (χ0v) is 19.2. The lowest BCUT2D eigenvalue weighted by Crippen LogP contribution is -2.57. The Morgan fingerprint density at radius 3 is 2.62 bits per heavy atom. The van der Waals surface area contributed by atoms with Gasteiger partial charge in [0.15, 0.2) is 0 Å². The van der Waals surface area contributed by atoms with E-state index in [1.807, 2.05) is 30.3 Å². The van der Waals surface area contributed by atoms with Crippen LogP contribution in [0.15, 0.2) is 66.7 Å². The lowest BCUT2D eigenvalue weighted by Gasteiger charge is -2.48. The number of nitrogens with two attached hydrogens (primary N) is 1. The fourth-order valence-corrected chi connectivity index (χ4v) is 4.94. The van der Waals surface area contributed by atoms with Gasteiger partial charge < -0.3 is 25.2 Å². The van der Waals surface area contributed by atoms with E-state index in [2.05, 4.69) is 35.2 Å². The molecule has 2 heterocycles. The molecule has 2 aliphatic heterocycles. The van der Waals surface area contributed by atoms with Gasteiger partial charge in [0, 0.05) is 42.9 Å². The summed E-state index contributed by atoms with van der Waals surface area (Å²) < 4.78 is 11.8. The van der Waals surface area contributed by atoms with E-state index in [-0.39, 0.29) is 6.42 Å². The number of nitrogens with zero attached hydrogens (tertiary/aromatic N) is 1. The molecule has 0 bridgehead atoms. The third-order valence-corrected chi connectivity index (χ3v) is 6.78. The second kappa shape index (κ2) is 9.49. The van der Waals surface area contributed by atoms with Crippen LogP contribution in [0.4, 0.5) is 5.69 Å². The van der Waals surface area contributed by atoms with Crippen LogP contribution in [0.25, 0.3) is 11.1 Å². The molecule has 6 nitrogen and oxygen atoms in total. The van der Waals surface area contributed by atoms with Crippen LogP contribution in [0, 0.1) is 5.41 Å². The second-order valence-corrected chi connectivity index (χ2v) is 9.42. The summed E-state index contributed by atoms with van der Waals surface area (Å²) in [5, 5.41) is 9.22. The van der Waals surface area contributed by atoms with Gasteiger partial charge in [0.2, 0.25) is 0 Å². The van der Waals surface area contributed by atoms with Crippen molar-refractivity contribution >= 4 is 11.7 Å². The highest BCUT2D eigenvalue weighted by Crippen LogP contribution is 2.42. The predicted molar refractivity (Wildman–Crippen MR) is 132 cm³/mol. The van der Waals surface area contributed by atoms with Gasteiger partial charge in [-0.3, -0.25) is 4.79 Å². The minimum absolute atomic E-state index is 0.0642. The summed E-state index contributed by atoms with van der Waals surface area (Å²) in [6.07, 6.45) is 1.06. The summed E-state index contributed by atoms with van der Waals surface area (Å²) in [7, 11) is 0. The second-order valence-electron chi connectivity index (χ2n) is 9.42. The molecule has 3 aromatic carbocycles. The maximum Gasteiger partial charge on any atom is 0.307 e. The molecule has 3 N–H and O–H groups in total. The third-order valence-electron chi connectivity index (χ3n) is 6.78. The molecule has 2 fully saturated rings. The van der Waals surface area contributed by atoms with Crippen molar-refractivity contribution in [3.8, 4) is 16.9 Å². The number of carbonyl (C=O) groups is 1. The first-order valence-corrected chi connectivity index (χ1v) is 11.7. The van der Waals surface area contributed by atoms with Crippen molar-refractivity contribution in [2.24, 2.45) is 11.1 Å². The topological polar surface area (TPSA) is 85.0 Å². The van der Waals surface area contributed by atoms with Crippen molar-refractivity contribution in [1.29, 1.82) is 0 Å². The minimum atomic E-state index is -0.872. The average Bonchev–Trinajstić information content (AvgIpc) is 3.33. The van der Waals surface area contributed by atoms with E-state index in [0.29, 0.717) is 29.9 Å². The number of aliphatic carboxylic acids is 1. The van der Waals surface area contributed by atoms with Crippen LogP contribution in [-0.2, 0) is 29.1 Å². The number of carboxylic acid groups (broad SMARTS) is 1. The lowest BCUT2D eigenvalue weighted by atomic mass is 9.79. The zero-order chi connectivity index (χ0) is 23.5. The fraction of sp³-hybridized carbons (Fsp3) is 0.321. The van der Waals surface area contributed by atoms with Gasteiger partial charge in [0.05, 0.1) is 13.0 Å². The average molecular weight is 459 g/mol. The number of carboxylic acids is 1. The first-order valence-electron chi connectivity index (χ1n) is 11.7. The summed E-state index contributed by atoms with van der Waals surface area (Å²) >= 11 is 0.